The molecule has 1 N–H and O–H groups in total. The first-order valence-corrected chi connectivity index (χ1v) is 9.48. The van der Waals surface area contributed by atoms with E-state index in [-0.39, 0.29) is 5.91 Å². The summed E-state index contributed by atoms with van der Waals surface area (Å²) in [5, 5.41) is 2.54. The molecular weight excluding hydrogens is 378 g/mol. The Morgan fingerprint density at radius 3 is 2.41 bits per heavy atom. The van der Waals surface area contributed by atoms with Crippen LogP contribution in [-0.4, -0.2) is 59.7 Å². The minimum Gasteiger partial charge on any atom is -0.456 e. The van der Waals surface area contributed by atoms with Crippen LogP contribution in [0.15, 0.2) is 24.3 Å². The van der Waals surface area contributed by atoms with Crippen LogP contribution >= 0.6 is 0 Å². The van der Waals surface area contributed by atoms with Crippen LogP contribution in [0.4, 0.5) is 10.5 Å². The third kappa shape index (κ3) is 4.13. The van der Waals surface area contributed by atoms with Crippen molar-refractivity contribution >= 4 is 35.3 Å². The van der Waals surface area contributed by atoms with Crippen LogP contribution in [0.5, 0.6) is 0 Å². The monoisotopic (exact) mass is 401 g/mol. The van der Waals surface area contributed by atoms with Gasteiger partial charge >= 0.3 is 12.0 Å². The first kappa shape index (κ1) is 20.5. The predicted octanol–water partition coefficient (Wildman–Crippen LogP) is 1.26. The number of nitrogens with one attached hydrogen (secondary N) is 1. The molecular formula is C20H23N3O6. The standard InChI is InChI=1S/C20H23N3O6/c1-3-20(2)18(27)23(19(28)21-20)11-17(26)29-12-15(24)13-6-8-14(9-7-13)22-10-4-5-16(22)25/h6-9H,3-5,10-12H2,1-2H3,(H,21,28)/t20-/m1/s1. The van der Waals surface area contributed by atoms with Crippen molar-refractivity contribution in [3.63, 3.8) is 0 Å². The molecule has 2 fully saturated rings. The Morgan fingerprint density at radius 1 is 1.17 bits per heavy atom. The molecule has 1 atom stereocenters. The summed E-state index contributed by atoms with van der Waals surface area (Å²) >= 11 is 0. The molecule has 9 nitrogen and oxygen atoms in total. The minimum atomic E-state index is -1.04. The third-order valence-corrected chi connectivity index (χ3v) is 5.28. The molecule has 9 heteroatoms. The van der Waals surface area contributed by atoms with Gasteiger partial charge < -0.3 is 15.0 Å². The van der Waals surface area contributed by atoms with Gasteiger partial charge in [0, 0.05) is 24.2 Å². The lowest BCUT2D eigenvalue weighted by molar-refractivity contribution is -0.146. The van der Waals surface area contributed by atoms with Crippen LogP contribution < -0.4 is 10.2 Å². The SMILES string of the molecule is CC[C@@]1(C)NC(=O)N(CC(=O)OCC(=O)c2ccc(N3CCCC3=O)cc2)C1=O. The van der Waals surface area contributed by atoms with E-state index in [0.717, 1.165) is 17.0 Å². The molecule has 0 saturated carbocycles. The van der Waals surface area contributed by atoms with E-state index in [4.69, 9.17) is 4.74 Å². The Morgan fingerprint density at radius 2 is 1.86 bits per heavy atom. The summed E-state index contributed by atoms with van der Waals surface area (Å²) in [7, 11) is 0. The Hall–Kier alpha value is -3.23. The number of nitrogens with zero attached hydrogens (tertiary/aromatic N) is 2. The molecule has 29 heavy (non-hydrogen) atoms. The third-order valence-electron chi connectivity index (χ3n) is 5.28. The highest BCUT2D eigenvalue weighted by Crippen LogP contribution is 2.22. The van der Waals surface area contributed by atoms with E-state index in [0.29, 0.717) is 24.9 Å². The Kier molecular flexibility index (Phi) is 5.67. The van der Waals surface area contributed by atoms with Gasteiger partial charge in [0.2, 0.25) is 5.91 Å². The molecule has 3 rings (SSSR count). The van der Waals surface area contributed by atoms with Crippen molar-refractivity contribution in [2.75, 3.05) is 24.6 Å². The van der Waals surface area contributed by atoms with Gasteiger partial charge in [-0.3, -0.25) is 24.1 Å². The van der Waals surface area contributed by atoms with Gasteiger partial charge in [-0.1, -0.05) is 6.92 Å². The highest BCUT2D eigenvalue weighted by Gasteiger charge is 2.47. The Labute approximate surface area is 168 Å². The van der Waals surface area contributed by atoms with Crippen LogP contribution in [0.3, 0.4) is 0 Å². The molecule has 4 amide bonds. The van der Waals surface area contributed by atoms with Crippen molar-refractivity contribution in [2.24, 2.45) is 0 Å². The van der Waals surface area contributed by atoms with Crippen molar-refractivity contribution in [2.45, 2.75) is 38.6 Å². The largest absolute Gasteiger partial charge is 0.456 e. The molecule has 1 aromatic rings. The number of imide groups is 1. The number of rotatable bonds is 7. The number of esters is 1. The summed E-state index contributed by atoms with van der Waals surface area (Å²) in [6.45, 7) is 2.94. The van der Waals surface area contributed by atoms with Crippen LogP contribution in [0.2, 0.25) is 0 Å². The summed E-state index contributed by atoms with van der Waals surface area (Å²) in [5.41, 5.74) is 0.0198. The number of hydrogen-bond acceptors (Lipinski definition) is 6. The number of carbonyl (C=O) groups is 5. The van der Waals surface area contributed by atoms with Gasteiger partial charge in [0.1, 0.15) is 12.1 Å². The molecule has 0 radical (unpaired) electrons. The smallest absolute Gasteiger partial charge is 0.326 e. The Bertz CT molecular complexity index is 865. The molecule has 0 bridgehead atoms. The lowest BCUT2D eigenvalue weighted by Gasteiger charge is -2.18. The van der Waals surface area contributed by atoms with E-state index in [2.05, 4.69) is 5.32 Å². The summed E-state index contributed by atoms with van der Waals surface area (Å²) in [6.07, 6.45) is 1.72. The van der Waals surface area contributed by atoms with Gasteiger partial charge in [-0.15, -0.1) is 0 Å². The number of ketones is 1. The fourth-order valence-electron chi connectivity index (χ4n) is 3.28. The van der Waals surface area contributed by atoms with Crippen LogP contribution in [-0.2, 0) is 19.1 Å². The lowest BCUT2D eigenvalue weighted by Crippen LogP contribution is -2.43. The van der Waals surface area contributed by atoms with Gasteiger partial charge in [-0.2, -0.15) is 0 Å². The fourth-order valence-corrected chi connectivity index (χ4v) is 3.28. The maximum atomic E-state index is 12.3. The number of anilines is 1. The topological polar surface area (TPSA) is 113 Å². The first-order chi connectivity index (χ1) is 13.7. The maximum absolute atomic E-state index is 12.3. The molecule has 2 aliphatic heterocycles. The number of Topliss-reactive ketones (excluding diaryl/α,β-unsaturated/α-hetero) is 1. The zero-order valence-corrected chi connectivity index (χ0v) is 16.4. The van der Waals surface area contributed by atoms with E-state index >= 15 is 0 Å². The van der Waals surface area contributed by atoms with E-state index < -0.39 is 42.4 Å². The second-order valence-electron chi connectivity index (χ2n) is 7.29. The number of amides is 4. The normalized spacial score (nSPS) is 21.5. The van der Waals surface area contributed by atoms with Crippen molar-refractivity contribution in [3.05, 3.63) is 29.8 Å². The number of hydrogen-bond donors (Lipinski definition) is 1. The molecule has 2 heterocycles. The van der Waals surface area contributed by atoms with E-state index in [1.165, 1.54) is 0 Å². The zero-order valence-electron chi connectivity index (χ0n) is 16.4. The van der Waals surface area contributed by atoms with E-state index in [1.54, 1.807) is 43.0 Å². The Balaban J connectivity index is 1.53. The molecule has 0 unspecified atom stereocenters. The highest BCUT2D eigenvalue weighted by molar-refractivity contribution is 6.08. The fraction of sp³-hybridized carbons (Fsp3) is 0.450. The number of benzene rings is 1. The summed E-state index contributed by atoms with van der Waals surface area (Å²) in [5.74, 6) is -1.72. The van der Waals surface area contributed by atoms with Crippen molar-refractivity contribution < 1.29 is 28.7 Å². The molecule has 0 spiro atoms. The summed E-state index contributed by atoms with van der Waals surface area (Å²) < 4.78 is 4.94. The van der Waals surface area contributed by atoms with E-state index in [1.807, 2.05) is 0 Å². The zero-order chi connectivity index (χ0) is 21.2. The molecule has 1 aromatic carbocycles. The average molecular weight is 401 g/mol. The predicted molar refractivity (Wildman–Crippen MR) is 102 cm³/mol. The number of carbonyl (C=O) groups excluding carboxylic acids is 5. The first-order valence-electron chi connectivity index (χ1n) is 9.48. The van der Waals surface area contributed by atoms with Crippen LogP contribution in [0, 0.1) is 0 Å². The minimum absolute atomic E-state index is 0.0534. The average Bonchev–Trinajstić information content (AvgIpc) is 3.23. The molecule has 2 saturated heterocycles. The van der Waals surface area contributed by atoms with Crippen molar-refractivity contribution in [1.82, 2.24) is 10.2 Å². The molecule has 0 aliphatic carbocycles. The maximum Gasteiger partial charge on any atom is 0.326 e. The van der Waals surface area contributed by atoms with Gasteiger partial charge in [0.25, 0.3) is 5.91 Å². The second-order valence-corrected chi connectivity index (χ2v) is 7.29. The van der Waals surface area contributed by atoms with Crippen molar-refractivity contribution in [3.8, 4) is 0 Å². The van der Waals surface area contributed by atoms with Crippen LogP contribution in [0.1, 0.15) is 43.5 Å². The van der Waals surface area contributed by atoms with Crippen LogP contribution in [0.25, 0.3) is 0 Å². The second kappa shape index (κ2) is 8.02. The van der Waals surface area contributed by atoms with Gasteiger partial charge in [0.15, 0.2) is 12.4 Å². The quantitative estimate of drug-likeness (QED) is 0.418. The van der Waals surface area contributed by atoms with Gasteiger partial charge in [-0.25, -0.2) is 4.79 Å². The summed E-state index contributed by atoms with van der Waals surface area (Å²) in [6, 6.07) is 5.84. The number of ether oxygens (including phenoxy) is 1. The lowest BCUT2D eigenvalue weighted by atomic mass is 9.99. The van der Waals surface area contributed by atoms with E-state index in [9.17, 15) is 24.0 Å². The number of urea groups is 1. The van der Waals surface area contributed by atoms with Gasteiger partial charge in [0.05, 0.1) is 0 Å². The summed E-state index contributed by atoms with van der Waals surface area (Å²) in [4.78, 5) is 62.6. The van der Waals surface area contributed by atoms with Crippen molar-refractivity contribution in [1.29, 1.82) is 0 Å². The highest BCUT2D eigenvalue weighted by atomic mass is 16.5. The van der Waals surface area contributed by atoms with Gasteiger partial charge in [-0.05, 0) is 44.0 Å². The molecule has 154 valence electrons. The molecule has 0 aromatic heterocycles. The molecule has 2 aliphatic rings.